The Kier molecular flexibility index (Phi) is 4.79. The third kappa shape index (κ3) is 3.56. The largest absolute Gasteiger partial charge is 0.448 e. The van der Waals surface area contributed by atoms with E-state index in [1.807, 2.05) is 49.5 Å². The molecule has 0 aliphatic carbocycles. The number of nitrogens with one attached hydrogen (secondary N) is 1. The van der Waals surface area contributed by atoms with Gasteiger partial charge in [-0.1, -0.05) is 36.4 Å². The number of hydrogen-bond donors (Lipinski definition) is 1. The van der Waals surface area contributed by atoms with E-state index in [4.69, 9.17) is 4.74 Å². The predicted molar refractivity (Wildman–Crippen MR) is 92.1 cm³/mol. The Labute approximate surface area is 141 Å². The van der Waals surface area contributed by atoms with Crippen molar-refractivity contribution < 1.29 is 14.3 Å². The number of para-hydroxylation sites is 1. The van der Waals surface area contributed by atoms with Crippen LogP contribution in [0.3, 0.4) is 0 Å². The summed E-state index contributed by atoms with van der Waals surface area (Å²) in [6, 6.07) is 17.2. The normalized spacial score (nSPS) is 16.0. The molecule has 5 nitrogen and oxygen atoms in total. The molecule has 2 aromatic rings. The summed E-state index contributed by atoms with van der Waals surface area (Å²) in [5, 5.41) is 2.85. The minimum Gasteiger partial charge on any atom is -0.448 e. The van der Waals surface area contributed by atoms with Crippen LogP contribution in [0.25, 0.3) is 0 Å². The Morgan fingerprint density at radius 2 is 1.88 bits per heavy atom. The van der Waals surface area contributed by atoms with Crippen LogP contribution in [0.1, 0.15) is 15.9 Å². The topological polar surface area (TPSA) is 58.6 Å². The summed E-state index contributed by atoms with van der Waals surface area (Å²) in [4.78, 5) is 26.3. The van der Waals surface area contributed by atoms with Gasteiger partial charge in [0.1, 0.15) is 0 Å². The number of fused-ring (bicyclic) bond motifs is 1. The van der Waals surface area contributed by atoms with Crippen molar-refractivity contribution in [3.63, 3.8) is 0 Å². The molecule has 24 heavy (non-hydrogen) atoms. The van der Waals surface area contributed by atoms with Crippen molar-refractivity contribution in [3.8, 4) is 0 Å². The van der Waals surface area contributed by atoms with E-state index in [1.165, 1.54) is 0 Å². The highest BCUT2D eigenvalue weighted by molar-refractivity contribution is 5.95. The third-order valence-electron chi connectivity index (χ3n) is 4.13. The molecule has 1 unspecified atom stereocenters. The molecule has 1 aliphatic heterocycles. The van der Waals surface area contributed by atoms with E-state index >= 15 is 0 Å². The van der Waals surface area contributed by atoms with Crippen molar-refractivity contribution in [1.82, 2.24) is 5.32 Å². The molecule has 0 bridgehead atoms. The number of rotatable bonds is 5. The zero-order chi connectivity index (χ0) is 16.9. The minimum absolute atomic E-state index is 0.251. The van der Waals surface area contributed by atoms with Gasteiger partial charge in [0.05, 0.1) is 5.56 Å². The molecule has 0 saturated carbocycles. The lowest BCUT2D eigenvalue weighted by atomic mass is 9.98. The molecule has 0 radical (unpaired) electrons. The van der Waals surface area contributed by atoms with Crippen LogP contribution in [-0.4, -0.2) is 38.1 Å². The van der Waals surface area contributed by atoms with Crippen LogP contribution >= 0.6 is 0 Å². The van der Waals surface area contributed by atoms with E-state index in [-0.39, 0.29) is 5.91 Å². The second-order valence-corrected chi connectivity index (χ2v) is 5.80. The molecule has 1 aliphatic rings. The molecule has 124 valence electrons. The first-order valence-corrected chi connectivity index (χ1v) is 7.98. The molecule has 1 atom stereocenters. The molecule has 2 aromatic carbocycles. The molecule has 0 spiro atoms. The van der Waals surface area contributed by atoms with Gasteiger partial charge in [-0.3, -0.25) is 4.79 Å². The van der Waals surface area contributed by atoms with Gasteiger partial charge in [0.2, 0.25) is 0 Å². The highest BCUT2D eigenvalue weighted by Crippen LogP contribution is 2.20. The molecule has 1 heterocycles. The molecule has 1 N–H and O–H groups in total. The molecular weight excluding hydrogens is 304 g/mol. The maximum Gasteiger partial charge on any atom is 0.339 e. The monoisotopic (exact) mass is 324 g/mol. The molecule has 0 saturated heterocycles. The highest BCUT2D eigenvalue weighted by Gasteiger charge is 2.30. The maximum absolute atomic E-state index is 12.3. The fourth-order valence-electron chi connectivity index (χ4n) is 2.75. The average molecular weight is 324 g/mol. The van der Waals surface area contributed by atoms with Crippen LogP contribution in [0.4, 0.5) is 5.69 Å². The number of benzene rings is 2. The summed E-state index contributed by atoms with van der Waals surface area (Å²) in [6.07, 6.45) is -0.336. The molecule has 3 rings (SSSR count). The van der Waals surface area contributed by atoms with Crippen molar-refractivity contribution in [2.45, 2.75) is 12.5 Å². The Balaban J connectivity index is 1.52. The summed E-state index contributed by atoms with van der Waals surface area (Å²) in [5.41, 5.74) is 2.49. The van der Waals surface area contributed by atoms with Crippen molar-refractivity contribution >= 4 is 17.6 Å². The number of amides is 1. The first-order chi connectivity index (χ1) is 11.6. The van der Waals surface area contributed by atoms with E-state index in [1.54, 1.807) is 12.1 Å². The van der Waals surface area contributed by atoms with Gasteiger partial charge in [-0.2, -0.15) is 0 Å². The van der Waals surface area contributed by atoms with E-state index in [2.05, 4.69) is 10.2 Å². The summed E-state index contributed by atoms with van der Waals surface area (Å²) < 4.78 is 5.25. The first-order valence-electron chi connectivity index (χ1n) is 7.98. The zero-order valence-electron chi connectivity index (χ0n) is 13.6. The number of anilines is 1. The van der Waals surface area contributed by atoms with Gasteiger partial charge in [-0.25, -0.2) is 4.79 Å². The van der Waals surface area contributed by atoms with Crippen LogP contribution in [0.15, 0.2) is 54.6 Å². The van der Waals surface area contributed by atoms with Crippen LogP contribution in [0, 0.1) is 0 Å². The van der Waals surface area contributed by atoms with Crippen molar-refractivity contribution in [2.24, 2.45) is 0 Å². The van der Waals surface area contributed by atoms with Gasteiger partial charge in [0.25, 0.3) is 5.91 Å². The standard InChI is InChI=1S/C19H20N2O3/c1-21(15-8-3-2-4-9-15)12-11-20-18(22)17-13-14-7-5-6-10-16(14)19(23)24-17/h2-10,17H,11-13H2,1H3,(H,20,22). The smallest absolute Gasteiger partial charge is 0.339 e. The summed E-state index contributed by atoms with van der Waals surface area (Å²) in [6.45, 7) is 1.16. The number of ether oxygens (including phenoxy) is 1. The molecule has 5 heteroatoms. The Morgan fingerprint density at radius 3 is 2.67 bits per heavy atom. The number of hydrogen-bond acceptors (Lipinski definition) is 4. The van der Waals surface area contributed by atoms with Crippen LogP contribution in [0.2, 0.25) is 0 Å². The van der Waals surface area contributed by atoms with Gasteiger partial charge < -0.3 is 15.0 Å². The van der Waals surface area contributed by atoms with Crippen molar-refractivity contribution in [3.05, 3.63) is 65.7 Å². The number of cyclic esters (lactones) is 1. The Morgan fingerprint density at radius 1 is 1.17 bits per heavy atom. The minimum atomic E-state index is -0.755. The molecular formula is C19H20N2O3. The summed E-state index contributed by atoms with van der Waals surface area (Å²) >= 11 is 0. The van der Waals surface area contributed by atoms with Gasteiger partial charge in [0.15, 0.2) is 6.10 Å². The lowest BCUT2D eigenvalue weighted by Crippen LogP contribution is -2.44. The number of carbonyl (C=O) groups excluding carboxylic acids is 2. The lowest BCUT2D eigenvalue weighted by Gasteiger charge is -2.24. The quantitative estimate of drug-likeness (QED) is 0.855. The predicted octanol–water partition coefficient (Wildman–Crippen LogP) is 2.02. The van der Waals surface area contributed by atoms with Gasteiger partial charge in [-0.15, -0.1) is 0 Å². The van der Waals surface area contributed by atoms with Crippen LogP contribution in [-0.2, 0) is 16.0 Å². The number of carbonyl (C=O) groups is 2. The Bertz CT molecular complexity index is 730. The van der Waals surface area contributed by atoms with Gasteiger partial charge >= 0.3 is 5.97 Å². The Hall–Kier alpha value is -2.82. The lowest BCUT2D eigenvalue weighted by molar-refractivity contribution is -0.130. The first kappa shape index (κ1) is 16.1. The maximum atomic E-state index is 12.3. The summed E-state index contributed by atoms with van der Waals surface area (Å²) in [5.74, 6) is -0.683. The van der Waals surface area contributed by atoms with Crippen molar-refractivity contribution in [2.75, 3.05) is 25.0 Å². The van der Waals surface area contributed by atoms with Gasteiger partial charge in [0, 0.05) is 32.2 Å². The molecule has 0 aromatic heterocycles. The molecule has 1 amide bonds. The number of esters is 1. The molecule has 0 fully saturated rings. The van der Waals surface area contributed by atoms with E-state index in [0.717, 1.165) is 11.3 Å². The number of likely N-dealkylation sites (N-methyl/N-ethyl adjacent to an activating group) is 1. The van der Waals surface area contributed by atoms with Crippen LogP contribution in [0.5, 0.6) is 0 Å². The fraction of sp³-hybridized carbons (Fsp3) is 0.263. The summed E-state index contributed by atoms with van der Waals surface area (Å²) in [7, 11) is 1.97. The SMILES string of the molecule is CN(CCNC(=O)C1Cc2ccccc2C(=O)O1)c1ccccc1. The van der Waals surface area contributed by atoms with E-state index < -0.39 is 12.1 Å². The number of nitrogens with zero attached hydrogens (tertiary/aromatic N) is 1. The van der Waals surface area contributed by atoms with E-state index in [0.29, 0.717) is 25.1 Å². The third-order valence-corrected chi connectivity index (χ3v) is 4.13. The zero-order valence-corrected chi connectivity index (χ0v) is 13.6. The van der Waals surface area contributed by atoms with Crippen LogP contribution < -0.4 is 10.2 Å². The average Bonchev–Trinajstić information content (AvgIpc) is 2.62. The van der Waals surface area contributed by atoms with E-state index in [9.17, 15) is 9.59 Å². The second-order valence-electron chi connectivity index (χ2n) is 5.80. The fourth-order valence-corrected chi connectivity index (χ4v) is 2.75. The van der Waals surface area contributed by atoms with Gasteiger partial charge in [-0.05, 0) is 23.8 Å². The second kappa shape index (κ2) is 7.17. The highest BCUT2D eigenvalue weighted by atomic mass is 16.5. The van der Waals surface area contributed by atoms with Crippen molar-refractivity contribution in [1.29, 1.82) is 0 Å².